The Morgan fingerprint density at radius 1 is 0.750 bits per heavy atom. The molecule has 5 rings (SSSR count). The van der Waals surface area contributed by atoms with Gasteiger partial charge in [0.2, 0.25) is 5.95 Å². The van der Waals surface area contributed by atoms with Crippen molar-refractivity contribution in [1.29, 1.82) is 0 Å². The molecule has 2 aliphatic heterocycles. The Hall–Kier alpha value is -3.07. The topological polar surface area (TPSA) is 83.4 Å². The highest BCUT2D eigenvalue weighted by Gasteiger charge is 2.22. The standard InChI is InChI=1S/C19H22N8O/c1-2-15-17(20-4-1)22-14-23-18(15)26-6-8-27(9-7-26)19-21-5-3-16(24-19)25-10-12-28-13-11-25/h1-5,14H,6-13H2. The third-order valence-electron chi connectivity index (χ3n) is 5.21. The van der Waals surface area contributed by atoms with Crippen LogP contribution in [0.25, 0.3) is 11.0 Å². The summed E-state index contributed by atoms with van der Waals surface area (Å²) in [7, 11) is 0. The van der Waals surface area contributed by atoms with Crippen LogP contribution in [0.5, 0.6) is 0 Å². The van der Waals surface area contributed by atoms with Crippen LogP contribution in [0.4, 0.5) is 17.6 Å². The van der Waals surface area contributed by atoms with E-state index in [-0.39, 0.29) is 0 Å². The summed E-state index contributed by atoms with van der Waals surface area (Å²) in [6.07, 6.45) is 5.20. The lowest BCUT2D eigenvalue weighted by Gasteiger charge is -2.36. The number of hydrogen-bond acceptors (Lipinski definition) is 9. The molecule has 28 heavy (non-hydrogen) atoms. The molecule has 3 aromatic heterocycles. The van der Waals surface area contributed by atoms with Gasteiger partial charge in [0.15, 0.2) is 5.65 Å². The lowest BCUT2D eigenvalue weighted by Crippen LogP contribution is -2.47. The van der Waals surface area contributed by atoms with E-state index < -0.39 is 0 Å². The first-order chi connectivity index (χ1) is 13.9. The Morgan fingerprint density at radius 3 is 2.43 bits per heavy atom. The summed E-state index contributed by atoms with van der Waals surface area (Å²) >= 11 is 0. The average Bonchev–Trinajstić information content (AvgIpc) is 2.79. The molecule has 0 spiro atoms. The van der Waals surface area contributed by atoms with Crippen LogP contribution in [0.3, 0.4) is 0 Å². The molecule has 0 aromatic carbocycles. The van der Waals surface area contributed by atoms with Crippen LogP contribution < -0.4 is 14.7 Å². The molecule has 0 N–H and O–H groups in total. The van der Waals surface area contributed by atoms with E-state index in [0.29, 0.717) is 0 Å². The van der Waals surface area contributed by atoms with Crippen LogP contribution in [0.2, 0.25) is 0 Å². The molecule has 0 saturated carbocycles. The van der Waals surface area contributed by atoms with Gasteiger partial charge >= 0.3 is 0 Å². The Bertz CT molecular complexity index is 948. The fourth-order valence-electron chi connectivity index (χ4n) is 3.71. The van der Waals surface area contributed by atoms with Crippen molar-refractivity contribution in [3.63, 3.8) is 0 Å². The highest BCUT2D eigenvalue weighted by atomic mass is 16.5. The summed E-state index contributed by atoms with van der Waals surface area (Å²) < 4.78 is 5.44. The molecule has 9 heteroatoms. The summed E-state index contributed by atoms with van der Waals surface area (Å²) in [5.74, 6) is 2.71. The lowest BCUT2D eigenvalue weighted by molar-refractivity contribution is 0.122. The number of piperazine rings is 1. The molecule has 144 valence electrons. The zero-order valence-electron chi connectivity index (χ0n) is 15.6. The SMILES string of the molecule is c1cnc2ncnc(N3CCN(c4nccc(N5CCOCC5)n4)CC3)c2c1. The van der Waals surface area contributed by atoms with Crippen molar-refractivity contribution in [3.8, 4) is 0 Å². The zero-order chi connectivity index (χ0) is 18.8. The van der Waals surface area contributed by atoms with Crippen LogP contribution in [0, 0.1) is 0 Å². The largest absolute Gasteiger partial charge is 0.378 e. The minimum atomic E-state index is 0.733. The van der Waals surface area contributed by atoms with Gasteiger partial charge in [-0.3, -0.25) is 0 Å². The molecular weight excluding hydrogens is 356 g/mol. The quantitative estimate of drug-likeness (QED) is 0.662. The van der Waals surface area contributed by atoms with Crippen molar-refractivity contribution in [2.24, 2.45) is 0 Å². The number of rotatable bonds is 3. The smallest absolute Gasteiger partial charge is 0.227 e. The molecular formula is C19H22N8O. The van der Waals surface area contributed by atoms with Crippen LogP contribution in [0.1, 0.15) is 0 Å². The summed E-state index contributed by atoms with van der Waals surface area (Å²) in [6.45, 7) is 6.65. The third kappa shape index (κ3) is 3.29. The van der Waals surface area contributed by atoms with Crippen LogP contribution in [0.15, 0.2) is 36.9 Å². The number of nitrogens with zero attached hydrogens (tertiary/aromatic N) is 8. The van der Waals surface area contributed by atoms with Gasteiger partial charge in [0, 0.05) is 51.7 Å². The number of hydrogen-bond donors (Lipinski definition) is 0. The zero-order valence-corrected chi connectivity index (χ0v) is 15.6. The second-order valence-corrected chi connectivity index (χ2v) is 6.86. The molecule has 0 aliphatic carbocycles. The molecule has 0 bridgehead atoms. The van der Waals surface area contributed by atoms with Gasteiger partial charge in [-0.2, -0.15) is 4.98 Å². The minimum absolute atomic E-state index is 0.733. The highest BCUT2D eigenvalue weighted by molar-refractivity contribution is 5.86. The van der Waals surface area contributed by atoms with Crippen molar-refractivity contribution in [1.82, 2.24) is 24.9 Å². The molecule has 2 saturated heterocycles. The molecule has 2 aliphatic rings. The van der Waals surface area contributed by atoms with Gasteiger partial charge in [-0.1, -0.05) is 0 Å². The number of morpholine rings is 1. The van der Waals surface area contributed by atoms with Gasteiger partial charge in [-0.25, -0.2) is 19.9 Å². The normalized spacial score (nSPS) is 17.9. The summed E-state index contributed by atoms with van der Waals surface area (Å²) in [4.78, 5) is 29.2. The summed E-state index contributed by atoms with van der Waals surface area (Å²) in [5.41, 5.74) is 0.733. The first-order valence-electron chi connectivity index (χ1n) is 9.60. The second kappa shape index (κ2) is 7.51. The maximum Gasteiger partial charge on any atom is 0.227 e. The molecule has 3 aromatic rings. The van der Waals surface area contributed by atoms with Gasteiger partial charge in [0.25, 0.3) is 0 Å². The molecule has 0 radical (unpaired) electrons. The fourth-order valence-corrected chi connectivity index (χ4v) is 3.71. The molecule has 2 fully saturated rings. The van der Waals surface area contributed by atoms with Crippen molar-refractivity contribution in [2.45, 2.75) is 0 Å². The Balaban J connectivity index is 1.31. The molecule has 0 unspecified atom stereocenters. The highest BCUT2D eigenvalue weighted by Crippen LogP contribution is 2.24. The summed E-state index contributed by atoms with van der Waals surface area (Å²) in [6, 6.07) is 5.93. The van der Waals surface area contributed by atoms with E-state index in [0.717, 1.165) is 81.1 Å². The van der Waals surface area contributed by atoms with Crippen LogP contribution in [-0.4, -0.2) is 77.4 Å². The van der Waals surface area contributed by atoms with Crippen molar-refractivity contribution >= 4 is 28.6 Å². The lowest BCUT2D eigenvalue weighted by atomic mass is 10.2. The van der Waals surface area contributed by atoms with Gasteiger partial charge in [-0.05, 0) is 18.2 Å². The minimum Gasteiger partial charge on any atom is -0.378 e. The van der Waals surface area contributed by atoms with Gasteiger partial charge in [-0.15, -0.1) is 0 Å². The van der Waals surface area contributed by atoms with Crippen molar-refractivity contribution in [3.05, 3.63) is 36.9 Å². The summed E-state index contributed by atoms with van der Waals surface area (Å²) in [5, 5.41) is 0.990. The maximum atomic E-state index is 5.44. The van der Waals surface area contributed by atoms with E-state index in [9.17, 15) is 0 Å². The third-order valence-corrected chi connectivity index (χ3v) is 5.21. The molecule has 5 heterocycles. The van der Waals surface area contributed by atoms with Crippen molar-refractivity contribution < 1.29 is 4.74 Å². The first-order valence-corrected chi connectivity index (χ1v) is 9.60. The van der Waals surface area contributed by atoms with Crippen LogP contribution >= 0.6 is 0 Å². The number of aromatic nitrogens is 5. The van der Waals surface area contributed by atoms with Gasteiger partial charge in [0.1, 0.15) is 18.0 Å². The van der Waals surface area contributed by atoms with Crippen LogP contribution in [-0.2, 0) is 4.74 Å². The number of fused-ring (bicyclic) bond motifs is 1. The van der Waals surface area contributed by atoms with E-state index in [2.05, 4.69) is 34.6 Å². The Morgan fingerprint density at radius 2 is 1.57 bits per heavy atom. The van der Waals surface area contributed by atoms with E-state index in [4.69, 9.17) is 9.72 Å². The van der Waals surface area contributed by atoms with Gasteiger partial charge < -0.3 is 19.4 Å². The molecule has 0 atom stereocenters. The van der Waals surface area contributed by atoms with E-state index in [1.54, 1.807) is 12.5 Å². The average molecular weight is 378 g/mol. The Kier molecular flexibility index (Phi) is 4.58. The first kappa shape index (κ1) is 17.1. The molecule has 9 nitrogen and oxygen atoms in total. The second-order valence-electron chi connectivity index (χ2n) is 6.86. The monoisotopic (exact) mass is 378 g/mol. The maximum absolute atomic E-state index is 5.44. The predicted molar refractivity (Wildman–Crippen MR) is 107 cm³/mol. The van der Waals surface area contributed by atoms with Gasteiger partial charge in [0.05, 0.1) is 18.6 Å². The number of anilines is 3. The number of pyridine rings is 1. The fraction of sp³-hybridized carbons (Fsp3) is 0.421. The van der Waals surface area contributed by atoms with E-state index in [1.807, 2.05) is 24.4 Å². The molecule has 0 amide bonds. The van der Waals surface area contributed by atoms with E-state index >= 15 is 0 Å². The Labute approximate surface area is 163 Å². The van der Waals surface area contributed by atoms with Crippen molar-refractivity contribution in [2.75, 3.05) is 67.2 Å². The van der Waals surface area contributed by atoms with E-state index in [1.165, 1.54) is 0 Å². The predicted octanol–water partition coefficient (Wildman–Crippen LogP) is 0.978. The number of ether oxygens (including phenoxy) is 1.